The van der Waals surface area contributed by atoms with Gasteiger partial charge in [-0.15, -0.1) is 0 Å². The average Bonchev–Trinajstić information content (AvgIpc) is 3.43. The van der Waals surface area contributed by atoms with Crippen LogP contribution >= 0.6 is 0 Å². The maximum atomic E-state index is 15.7. The first-order chi connectivity index (χ1) is 19.4. The quantitative estimate of drug-likeness (QED) is 0.294. The summed E-state index contributed by atoms with van der Waals surface area (Å²) in [6.07, 6.45) is 11.6. The van der Waals surface area contributed by atoms with Crippen LogP contribution in [0.1, 0.15) is 87.5 Å². The number of hydrogen-bond donors (Lipinski definition) is 1. The average molecular weight is 558 g/mol. The van der Waals surface area contributed by atoms with Crippen molar-refractivity contribution in [3.8, 4) is 11.4 Å². The number of benzene rings is 2. The molecule has 0 bridgehead atoms. The van der Waals surface area contributed by atoms with Gasteiger partial charge in [-0.05, 0) is 49.3 Å². The van der Waals surface area contributed by atoms with E-state index in [2.05, 4.69) is 10.3 Å². The zero-order valence-electron chi connectivity index (χ0n) is 22.6. The Hall–Kier alpha value is -3.20. The van der Waals surface area contributed by atoms with Crippen molar-refractivity contribution in [3.63, 3.8) is 0 Å². The maximum absolute atomic E-state index is 15.7. The molecule has 40 heavy (non-hydrogen) atoms. The van der Waals surface area contributed by atoms with E-state index in [1.165, 1.54) is 31.5 Å². The van der Waals surface area contributed by atoms with E-state index in [9.17, 15) is 18.0 Å². The number of rotatable bonds is 8. The molecule has 2 aliphatic carbocycles. The van der Waals surface area contributed by atoms with Gasteiger partial charge in [0.2, 0.25) is 5.91 Å². The summed E-state index contributed by atoms with van der Waals surface area (Å²) in [6.45, 7) is 0. The number of nitrogens with one attached hydrogen (secondary N) is 1. The van der Waals surface area contributed by atoms with Crippen LogP contribution in [0.2, 0.25) is 0 Å². The Morgan fingerprint density at radius 1 is 0.900 bits per heavy atom. The van der Waals surface area contributed by atoms with Gasteiger partial charge in [-0.25, -0.2) is 22.5 Å². The lowest BCUT2D eigenvalue weighted by atomic mass is 9.82. The summed E-state index contributed by atoms with van der Waals surface area (Å²) in [5.74, 6) is -4.66. The zero-order chi connectivity index (χ0) is 28.2. The molecule has 1 heterocycles. The Labute approximate surface area is 231 Å². The molecule has 1 aromatic heterocycles. The van der Waals surface area contributed by atoms with E-state index in [1.54, 1.807) is 10.8 Å². The van der Waals surface area contributed by atoms with Gasteiger partial charge in [0.05, 0.1) is 5.56 Å². The molecule has 0 aliphatic heterocycles. The summed E-state index contributed by atoms with van der Waals surface area (Å²) in [7, 11) is 1.29. The standard InChI is InChI=1S/C31H35F4N3O2/c1-40-29(22-13-8-14-23(32)26(22)34)21-15-16-24(33)27(35)25(21)30-36-17-18-38(30)28(19-9-4-2-5-10-19)31(39)37-20-11-6-3-7-12-20/h8,13-20,28-29H,2-7,9-12H2,1H3,(H,37,39). The van der Waals surface area contributed by atoms with Gasteiger partial charge in [-0.1, -0.05) is 56.7 Å². The van der Waals surface area contributed by atoms with Crippen LogP contribution in [0.5, 0.6) is 0 Å². The number of ether oxygens (including phenoxy) is 1. The number of imidazole rings is 1. The number of nitrogens with zero attached hydrogens (tertiary/aromatic N) is 2. The van der Waals surface area contributed by atoms with Gasteiger partial charge in [0.1, 0.15) is 18.0 Å². The molecule has 9 heteroatoms. The third-order valence-corrected chi connectivity index (χ3v) is 8.42. The van der Waals surface area contributed by atoms with Crippen LogP contribution in [0.4, 0.5) is 17.6 Å². The topological polar surface area (TPSA) is 56.2 Å². The molecule has 2 atom stereocenters. The summed E-state index contributed by atoms with van der Waals surface area (Å²) in [6, 6.07) is 5.27. The van der Waals surface area contributed by atoms with E-state index < -0.39 is 35.4 Å². The molecule has 1 N–H and O–H groups in total. The molecule has 0 radical (unpaired) electrons. The van der Waals surface area contributed by atoms with Crippen molar-refractivity contribution in [3.05, 3.63) is 77.1 Å². The molecule has 0 saturated heterocycles. The molecule has 2 aliphatic rings. The van der Waals surface area contributed by atoms with Crippen molar-refractivity contribution in [1.82, 2.24) is 14.9 Å². The fraction of sp³-hybridized carbons (Fsp3) is 0.484. The minimum atomic E-state index is -1.25. The molecule has 214 valence electrons. The van der Waals surface area contributed by atoms with E-state index in [4.69, 9.17) is 4.74 Å². The fourth-order valence-corrected chi connectivity index (χ4v) is 6.44. The second-order valence-electron chi connectivity index (χ2n) is 10.9. The first-order valence-corrected chi connectivity index (χ1v) is 14.2. The summed E-state index contributed by atoms with van der Waals surface area (Å²) in [5, 5.41) is 3.23. The fourth-order valence-electron chi connectivity index (χ4n) is 6.44. The van der Waals surface area contributed by atoms with Crippen molar-refractivity contribution in [2.45, 2.75) is 82.4 Å². The van der Waals surface area contributed by atoms with Crippen LogP contribution < -0.4 is 5.32 Å². The third kappa shape index (κ3) is 5.66. The highest BCUT2D eigenvalue weighted by molar-refractivity contribution is 5.82. The minimum Gasteiger partial charge on any atom is -0.372 e. The summed E-state index contributed by atoms with van der Waals surface area (Å²) in [4.78, 5) is 18.3. The molecule has 2 saturated carbocycles. The second kappa shape index (κ2) is 12.5. The number of carbonyl (C=O) groups excluding carboxylic acids is 1. The maximum Gasteiger partial charge on any atom is 0.243 e. The molecule has 0 spiro atoms. The lowest BCUT2D eigenvalue weighted by Crippen LogP contribution is -2.43. The van der Waals surface area contributed by atoms with Crippen molar-refractivity contribution >= 4 is 5.91 Å². The van der Waals surface area contributed by atoms with Gasteiger partial charge in [0.15, 0.2) is 23.3 Å². The number of aromatic nitrogens is 2. The van der Waals surface area contributed by atoms with Crippen molar-refractivity contribution in [1.29, 1.82) is 0 Å². The largest absolute Gasteiger partial charge is 0.372 e. The van der Waals surface area contributed by atoms with Crippen molar-refractivity contribution in [2.75, 3.05) is 7.11 Å². The van der Waals surface area contributed by atoms with Crippen molar-refractivity contribution in [2.24, 2.45) is 5.92 Å². The SMILES string of the molecule is COC(c1cccc(F)c1F)c1ccc(F)c(F)c1-c1nccn1C(C(=O)NC1CCCCC1)C1CCCCC1. The molecule has 2 aromatic carbocycles. The lowest BCUT2D eigenvalue weighted by Gasteiger charge is -2.33. The monoisotopic (exact) mass is 557 g/mol. The van der Waals surface area contributed by atoms with Gasteiger partial charge in [-0.3, -0.25) is 4.79 Å². The van der Waals surface area contributed by atoms with Crippen LogP contribution in [0.3, 0.4) is 0 Å². The van der Waals surface area contributed by atoms with Crippen LogP contribution in [0, 0.1) is 29.2 Å². The summed E-state index contributed by atoms with van der Waals surface area (Å²) >= 11 is 0. The smallest absolute Gasteiger partial charge is 0.243 e. The van der Waals surface area contributed by atoms with Gasteiger partial charge in [-0.2, -0.15) is 0 Å². The number of amides is 1. The van der Waals surface area contributed by atoms with Crippen LogP contribution in [-0.4, -0.2) is 28.6 Å². The lowest BCUT2D eigenvalue weighted by molar-refractivity contribution is -0.127. The van der Waals surface area contributed by atoms with Gasteiger partial charge >= 0.3 is 0 Å². The number of halogens is 4. The highest BCUT2D eigenvalue weighted by Gasteiger charge is 2.36. The normalized spacial score (nSPS) is 18.4. The molecule has 5 rings (SSSR count). The molecular weight excluding hydrogens is 522 g/mol. The Bertz CT molecular complexity index is 1330. The van der Waals surface area contributed by atoms with Gasteiger partial charge in [0.25, 0.3) is 0 Å². The Morgan fingerprint density at radius 3 is 2.27 bits per heavy atom. The third-order valence-electron chi connectivity index (χ3n) is 8.42. The van der Waals surface area contributed by atoms with Crippen LogP contribution in [0.15, 0.2) is 42.7 Å². The van der Waals surface area contributed by atoms with Crippen LogP contribution in [0.25, 0.3) is 11.4 Å². The van der Waals surface area contributed by atoms with Crippen LogP contribution in [-0.2, 0) is 9.53 Å². The van der Waals surface area contributed by atoms with E-state index in [1.807, 2.05) is 0 Å². The molecule has 3 aromatic rings. The Kier molecular flexibility index (Phi) is 8.88. The molecule has 2 unspecified atom stereocenters. The molecule has 1 amide bonds. The highest BCUT2D eigenvalue weighted by atomic mass is 19.2. The molecular formula is C31H35F4N3O2. The number of hydrogen-bond acceptors (Lipinski definition) is 3. The molecule has 5 nitrogen and oxygen atoms in total. The zero-order valence-corrected chi connectivity index (χ0v) is 22.6. The van der Waals surface area contributed by atoms with E-state index in [-0.39, 0.29) is 40.4 Å². The minimum absolute atomic E-state index is 0.00996. The predicted octanol–water partition coefficient (Wildman–Crippen LogP) is 7.41. The van der Waals surface area contributed by atoms with E-state index in [0.29, 0.717) is 0 Å². The Balaban J connectivity index is 1.61. The van der Waals surface area contributed by atoms with Gasteiger partial charge < -0.3 is 14.6 Å². The first kappa shape index (κ1) is 28.3. The number of carbonyl (C=O) groups is 1. The summed E-state index contributed by atoms with van der Waals surface area (Å²) in [5.41, 5.74) is -0.327. The highest BCUT2D eigenvalue weighted by Crippen LogP contribution is 2.41. The van der Waals surface area contributed by atoms with E-state index in [0.717, 1.165) is 76.3 Å². The number of methoxy groups -OCH3 is 1. The summed E-state index contributed by atoms with van der Waals surface area (Å²) < 4.78 is 66.7. The predicted molar refractivity (Wildman–Crippen MR) is 143 cm³/mol. The first-order valence-electron chi connectivity index (χ1n) is 14.2. The second-order valence-corrected chi connectivity index (χ2v) is 10.9. The van der Waals surface area contributed by atoms with E-state index >= 15 is 4.39 Å². The van der Waals surface area contributed by atoms with Crippen molar-refractivity contribution < 1.29 is 27.1 Å². The Morgan fingerprint density at radius 2 is 1.57 bits per heavy atom. The van der Waals surface area contributed by atoms with Gasteiger partial charge in [0, 0.05) is 31.1 Å². The molecule has 2 fully saturated rings.